The first kappa shape index (κ1) is 36.3. The second kappa shape index (κ2) is 14.5. The SMILES string of the molecule is S=P(c1ccccc1)(c1ccccc1)c1cnc2cc(-c3ccc4nc5c6ccccc6c6ccc(P(=[Se])(c7ccccc7)c7ccccc7)cc6n5c4c3)ccc2c1. The van der Waals surface area contributed by atoms with Crippen LogP contribution in [-0.4, -0.2) is 29.5 Å². The fourth-order valence-corrected chi connectivity index (χ4v) is 17.2. The number of fused-ring (bicyclic) bond motifs is 9. The maximum absolute atomic E-state index is 6.65. The number of aromatic nitrogens is 3. The molecule has 0 atom stereocenters. The Kier molecular flexibility index (Phi) is 8.93. The summed E-state index contributed by atoms with van der Waals surface area (Å²) in [6.07, 6.45) is 2.01. The van der Waals surface area contributed by atoms with Crippen LogP contribution < -0.4 is 31.8 Å². The third kappa shape index (κ3) is 5.92. The molecule has 0 spiro atoms. The summed E-state index contributed by atoms with van der Waals surface area (Å²) in [7, 11) is 0. The number of hydrogen-bond donors (Lipinski definition) is 0. The van der Waals surface area contributed by atoms with Gasteiger partial charge in [-0.1, -0.05) is 72.5 Å². The summed E-state index contributed by atoms with van der Waals surface area (Å²) in [6.45, 7) is 0. The first-order chi connectivity index (χ1) is 29.0. The van der Waals surface area contributed by atoms with Gasteiger partial charge >= 0.3 is 251 Å². The van der Waals surface area contributed by atoms with E-state index in [0.29, 0.717) is 0 Å². The fourth-order valence-electron chi connectivity index (χ4n) is 8.63. The Morgan fingerprint density at radius 2 is 0.983 bits per heavy atom. The molecule has 0 unspecified atom stereocenters. The van der Waals surface area contributed by atoms with E-state index < -0.39 is 11.5 Å². The van der Waals surface area contributed by atoms with Crippen molar-refractivity contribution in [2.45, 2.75) is 0 Å². The Morgan fingerprint density at radius 1 is 0.424 bits per heavy atom. The molecule has 0 aliphatic rings. The summed E-state index contributed by atoms with van der Waals surface area (Å²) in [5, 5.41) is 11.9. The summed E-state index contributed by atoms with van der Waals surface area (Å²) in [5.74, 6) is 0. The molecule has 7 heteroatoms. The molecule has 8 aromatic carbocycles. The monoisotopic (exact) mass is 875 g/mol. The Bertz CT molecular complexity index is 3410. The van der Waals surface area contributed by atoms with Crippen molar-refractivity contribution < 1.29 is 0 Å². The minimum absolute atomic E-state index is 0.939. The fraction of sp³-hybridized carbons (Fsp3) is 0. The number of nitrogens with zero attached hydrogens (tertiary/aromatic N) is 3. The van der Waals surface area contributed by atoms with Gasteiger partial charge in [0.05, 0.1) is 0 Å². The van der Waals surface area contributed by atoms with E-state index in [4.69, 9.17) is 21.8 Å². The van der Waals surface area contributed by atoms with E-state index >= 15 is 0 Å². The molecule has 3 nitrogen and oxygen atoms in total. The van der Waals surface area contributed by atoms with E-state index in [2.05, 4.69) is 214 Å². The number of benzene rings is 8. The zero-order valence-corrected chi connectivity index (χ0v) is 36.1. The molecule has 3 aromatic heterocycles. The van der Waals surface area contributed by atoms with Crippen LogP contribution in [0.1, 0.15) is 0 Å². The molecule has 280 valence electrons. The van der Waals surface area contributed by atoms with Gasteiger partial charge in [0, 0.05) is 17.5 Å². The Morgan fingerprint density at radius 3 is 1.63 bits per heavy atom. The van der Waals surface area contributed by atoms with E-state index in [0.717, 1.165) is 65.5 Å². The predicted octanol–water partition coefficient (Wildman–Crippen LogP) is 10.1. The molecule has 0 saturated carbocycles. The van der Waals surface area contributed by atoms with Gasteiger partial charge in [-0.25, -0.2) is 0 Å². The van der Waals surface area contributed by atoms with Gasteiger partial charge in [0.25, 0.3) is 0 Å². The summed E-state index contributed by atoms with van der Waals surface area (Å²) < 4.78 is 2.38. The second-order valence-electron chi connectivity index (χ2n) is 14.9. The molecule has 0 amide bonds. The third-order valence-electron chi connectivity index (χ3n) is 11.5. The average molecular weight is 875 g/mol. The van der Waals surface area contributed by atoms with Gasteiger partial charge in [-0.15, -0.1) is 0 Å². The van der Waals surface area contributed by atoms with Crippen molar-refractivity contribution in [1.82, 2.24) is 14.4 Å². The number of rotatable bonds is 7. The summed E-state index contributed by atoms with van der Waals surface area (Å²) in [4.78, 5) is 10.4. The normalized spacial score (nSPS) is 12.2. The van der Waals surface area contributed by atoms with Crippen LogP contribution in [0.4, 0.5) is 0 Å². The van der Waals surface area contributed by atoms with Crippen molar-refractivity contribution in [3.8, 4) is 11.1 Å². The second-order valence-corrected chi connectivity index (χ2v) is 25.5. The van der Waals surface area contributed by atoms with Crippen molar-refractivity contribution in [1.29, 1.82) is 0 Å². The molecule has 3 heterocycles. The molecule has 0 saturated heterocycles. The predicted molar refractivity (Wildman–Crippen MR) is 259 cm³/mol. The van der Waals surface area contributed by atoms with Crippen molar-refractivity contribution >= 4 is 120 Å². The van der Waals surface area contributed by atoms with E-state index in [9.17, 15) is 0 Å². The molecule has 59 heavy (non-hydrogen) atoms. The maximum atomic E-state index is 6.65. The van der Waals surface area contributed by atoms with Crippen LogP contribution in [0.15, 0.2) is 212 Å². The van der Waals surface area contributed by atoms with Gasteiger partial charge in [-0.2, -0.15) is 0 Å². The smallest absolute Gasteiger partial charge is 0.0421 e. The van der Waals surface area contributed by atoms with E-state index in [1.807, 2.05) is 18.3 Å². The van der Waals surface area contributed by atoms with Gasteiger partial charge in [-0.3, -0.25) is 0 Å². The molecule has 0 aliphatic heterocycles. The average Bonchev–Trinajstić information content (AvgIpc) is 3.71. The van der Waals surface area contributed by atoms with Crippen LogP contribution in [0.2, 0.25) is 0 Å². The summed E-state index contributed by atoms with van der Waals surface area (Å²) in [6, 6.07) is 71.8. The molecular weight excluding hydrogens is 840 g/mol. The van der Waals surface area contributed by atoms with Crippen LogP contribution in [0, 0.1) is 0 Å². The molecule has 0 aliphatic carbocycles. The van der Waals surface area contributed by atoms with Crippen LogP contribution >= 0.6 is 11.5 Å². The van der Waals surface area contributed by atoms with Crippen LogP contribution in [-0.2, 0) is 11.8 Å². The first-order valence-electron chi connectivity index (χ1n) is 19.6. The molecule has 0 bridgehead atoms. The Hall–Kier alpha value is -5.76. The van der Waals surface area contributed by atoms with Crippen molar-refractivity contribution in [3.63, 3.8) is 0 Å². The molecular formula is C52H35N3P2SSe. The minimum atomic E-state index is -2.32. The van der Waals surface area contributed by atoms with Crippen molar-refractivity contribution in [2.24, 2.45) is 0 Å². The zero-order valence-electron chi connectivity index (χ0n) is 31.8. The number of pyridine rings is 2. The van der Waals surface area contributed by atoms with E-state index in [-0.39, 0.29) is 0 Å². The number of imidazole rings is 1. The van der Waals surface area contributed by atoms with Gasteiger partial charge in [-0.05, 0) is 16.7 Å². The Balaban J connectivity index is 1.09. The van der Waals surface area contributed by atoms with Gasteiger partial charge in [0.1, 0.15) is 0 Å². The van der Waals surface area contributed by atoms with Crippen LogP contribution in [0.5, 0.6) is 0 Å². The van der Waals surface area contributed by atoms with Gasteiger partial charge in [0.2, 0.25) is 0 Å². The molecule has 11 rings (SSSR count). The van der Waals surface area contributed by atoms with E-state index in [1.165, 1.54) is 26.7 Å². The third-order valence-corrected chi connectivity index (χ3v) is 23.5. The van der Waals surface area contributed by atoms with Gasteiger partial charge in [0.15, 0.2) is 0 Å². The first-order valence-corrected chi connectivity index (χ1v) is 26.4. The molecule has 0 fully saturated rings. The minimum Gasteiger partial charge on any atom is -0.0421 e. The number of hydrogen-bond acceptors (Lipinski definition) is 3. The Labute approximate surface area is 355 Å². The molecule has 0 radical (unpaired) electrons. The van der Waals surface area contributed by atoms with Crippen molar-refractivity contribution in [2.75, 3.05) is 0 Å². The van der Waals surface area contributed by atoms with Crippen LogP contribution in [0.3, 0.4) is 0 Å². The topological polar surface area (TPSA) is 30.2 Å². The quantitative estimate of drug-likeness (QED) is 0.0908. The molecule has 11 aromatic rings. The van der Waals surface area contributed by atoms with Gasteiger partial charge < -0.3 is 0 Å². The molecule has 0 N–H and O–H groups in total. The van der Waals surface area contributed by atoms with E-state index in [1.54, 1.807) is 0 Å². The summed E-state index contributed by atoms with van der Waals surface area (Å²) in [5.41, 5.74) is 5.18. The standard InChI is InChI=1S/C52H35N3P2SSe/c58-56(39-15-5-1-6-16-39,40-17-7-2-8-18-40)44-31-38-26-25-36(32-49(38)53-35-44)37-27-30-48-51(33-37)55-50-34-43(28-29-46(50)45-23-13-14-24-47(45)52(55)54-48)57(59,41-19-9-3-10-20-41)42-21-11-4-12-22-42/h1-35H. The van der Waals surface area contributed by atoms with Crippen molar-refractivity contribution in [3.05, 3.63) is 212 Å². The summed E-state index contributed by atoms with van der Waals surface area (Å²) >= 11 is 10.4. The van der Waals surface area contributed by atoms with Crippen LogP contribution in [0.25, 0.3) is 60.4 Å². The zero-order chi connectivity index (χ0) is 39.6.